The Bertz CT molecular complexity index is 269. The molecule has 0 aliphatic heterocycles. The van der Waals surface area contributed by atoms with Gasteiger partial charge in [-0.2, -0.15) is 0 Å². The zero-order valence-corrected chi connectivity index (χ0v) is 12.2. The molecule has 5 unspecified atom stereocenters. The summed E-state index contributed by atoms with van der Waals surface area (Å²) in [5, 5.41) is 9.60. The maximum absolute atomic E-state index is 9.60. The maximum Gasteiger partial charge on any atom is 0.0601 e. The molecule has 2 fully saturated rings. The van der Waals surface area contributed by atoms with E-state index in [1.165, 1.54) is 25.7 Å². The van der Waals surface area contributed by atoms with Gasteiger partial charge in [-0.05, 0) is 50.0 Å². The second-order valence-electron chi connectivity index (χ2n) is 6.95. The Hall–Kier alpha value is -0.120. The van der Waals surface area contributed by atoms with Crippen molar-refractivity contribution in [2.45, 2.75) is 51.6 Å². The number of hydrogen-bond acceptors (Lipinski definition) is 3. The van der Waals surface area contributed by atoms with Crippen molar-refractivity contribution in [1.29, 1.82) is 0 Å². The van der Waals surface area contributed by atoms with E-state index in [-0.39, 0.29) is 18.7 Å². The third-order valence-electron chi connectivity index (χ3n) is 5.37. The molecule has 5 atom stereocenters. The molecule has 3 nitrogen and oxygen atoms in total. The lowest BCUT2D eigenvalue weighted by molar-refractivity contribution is 0.0896. The summed E-state index contributed by atoms with van der Waals surface area (Å²) in [5.41, 5.74) is 6.22. The Balaban J connectivity index is 1.87. The molecule has 3 heteroatoms. The molecule has 0 amide bonds. The van der Waals surface area contributed by atoms with Gasteiger partial charge in [0.25, 0.3) is 0 Å². The van der Waals surface area contributed by atoms with Gasteiger partial charge in [-0.25, -0.2) is 0 Å². The molecule has 0 heterocycles. The highest BCUT2D eigenvalue weighted by atomic mass is 16.3. The Morgan fingerprint density at radius 2 is 2.00 bits per heavy atom. The number of hydrogen-bond donors (Lipinski definition) is 2. The molecule has 2 saturated carbocycles. The highest BCUT2D eigenvalue weighted by Gasteiger charge is 2.40. The van der Waals surface area contributed by atoms with Gasteiger partial charge >= 0.3 is 0 Å². The molecule has 0 aromatic heterocycles. The molecule has 0 aromatic rings. The standard InChI is InChI=1S/C15H30N2O/c1-10(2)15(16)14(9-18)17(3)8-13-7-11-4-5-12(13)6-11/h10-15,18H,4-9,16H2,1-3H3. The summed E-state index contributed by atoms with van der Waals surface area (Å²) in [6.45, 7) is 5.57. The van der Waals surface area contributed by atoms with Crippen molar-refractivity contribution in [3.05, 3.63) is 0 Å². The summed E-state index contributed by atoms with van der Waals surface area (Å²) in [5.74, 6) is 3.22. The van der Waals surface area contributed by atoms with Crippen molar-refractivity contribution in [2.24, 2.45) is 29.4 Å². The van der Waals surface area contributed by atoms with Crippen molar-refractivity contribution in [2.75, 3.05) is 20.2 Å². The van der Waals surface area contributed by atoms with E-state index in [1.807, 2.05) is 0 Å². The second-order valence-corrected chi connectivity index (χ2v) is 6.95. The van der Waals surface area contributed by atoms with Gasteiger partial charge in [0, 0.05) is 18.6 Å². The first-order valence-electron chi connectivity index (χ1n) is 7.59. The first-order chi connectivity index (χ1) is 8.52. The highest BCUT2D eigenvalue weighted by Crippen LogP contribution is 2.48. The van der Waals surface area contributed by atoms with E-state index in [1.54, 1.807) is 0 Å². The van der Waals surface area contributed by atoms with Crippen LogP contribution in [0.5, 0.6) is 0 Å². The topological polar surface area (TPSA) is 49.5 Å². The molecule has 0 radical (unpaired) electrons. The van der Waals surface area contributed by atoms with Gasteiger partial charge in [0.1, 0.15) is 0 Å². The monoisotopic (exact) mass is 254 g/mol. The quantitative estimate of drug-likeness (QED) is 0.758. The SMILES string of the molecule is CC(C)C(N)C(CO)N(C)CC1CC2CCC1C2. The van der Waals surface area contributed by atoms with Crippen LogP contribution in [0.2, 0.25) is 0 Å². The van der Waals surface area contributed by atoms with E-state index in [0.717, 1.165) is 24.3 Å². The van der Waals surface area contributed by atoms with Crippen LogP contribution in [-0.4, -0.2) is 42.3 Å². The van der Waals surface area contributed by atoms with Crippen LogP contribution in [0, 0.1) is 23.7 Å². The average molecular weight is 254 g/mol. The van der Waals surface area contributed by atoms with Crippen LogP contribution in [0.25, 0.3) is 0 Å². The van der Waals surface area contributed by atoms with Gasteiger partial charge in [0.05, 0.1) is 6.61 Å². The maximum atomic E-state index is 9.60. The predicted molar refractivity (Wildman–Crippen MR) is 75.3 cm³/mol. The predicted octanol–water partition coefficient (Wildman–Crippen LogP) is 1.70. The molecule has 0 spiro atoms. The molecule has 0 aromatic carbocycles. The van der Waals surface area contributed by atoms with Crippen molar-refractivity contribution in [1.82, 2.24) is 4.90 Å². The minimum absolute atomic E-state index is 0.0681. The summed E-state index contributed by atoms with van der Waals surface area (Å²) < 4.78 is 0. The van der Waals surface area contributed by atoms with Crippen LogP contribution < -0.4 is 5.73 Å². The van der Waals surface area contributed by atoms with E-state index in [4.69, 9.17) is 5.73 Å². The first kappa shape index (κ1) is 14.3. The number of aliphatic hydroxyl groups excluding tert-OH is 1. The molecule has 2 bridgehead atoms. The minimum atomic E-state index is 0.0681. The number of nitrogens with two attached hydrogens (primary N) is 1. The third-order valence-corrected chi connectivity index (χ3v) is 5.37. The van der Waals surface area contributed by atoms with Gasteiger partial charge < -0.3 is 10.8 Å². The summed E-state index contributed by atoms with van der Waals surface area (Å²) in [6, 6.07) is 0.183. The molecule has 3 N–H and O–H groups in total. The molecule has 18 heavy (non-hydrogen) atoms. The van der Waals surface area contributed by atoms with Gasteiger partial charge in [0.15, 0.2) is 0 Å². The summed E-state index contributed by atoms with van der Waals surface area (Å²) in [7, 11) is 2.13. The lowest BCUT2D eigenvalue weighted by Gasteiger charge is -2.36. The van der Waals surface area contributed by atoms with Crippen LogP contribution in [0.1, 0.15) is 39.5 Å². The molecule has 2 aliphatic carbocycles. The van der Waals surface area contributed by atoms with Gasteiger partial charge in [-0.1, -0.05) is 20.3 Å². The smallest absolute Gasteiger partial charge is 0.0601 e. The van der Waals surface area contributed by atoms with Gasteiger partial charge in [-0.3, -0.25) is 4.90 Å². The van der Waals surface area contributed by atoms with Crippen LogP contribution in [-0.2, 0) is 0 Å². The normalized spacial score (nSPS) is 34.5. The summed E-state index contributed by atoms with van der Waals surface area (Å²) in [4.78, 5) is 2.32. The first-order valence-corrected chi connectivity index (χ1v) is 7.59. The lowest BCUT2D eigenvalue weighted by Crippen LogP contribution is -2.52. The summed E-state index contributed by atoms with van der Waals surface area (Å²) in [6.07, 6.45) is 5.76. The minimum Gasteiger partial charge on any atom is -0.395 e. The Morgan fingerprint density at radius 1 is 1.28 bits per heavy atom. The zero-order chi connectivity index (χ0) is 13.3. The van der Waals surface area contributed by atoms with Crippen molar-refractivity contribution >= 4 is 0 Å². The van der Waals surface area contributed by atoms with Crippen molar-refractivity contribution < 1.29 is 5.11 Å². The van der Waals surface area contributed by atoms with E-state index in [9.17, 15) is 5.11 Å². The number of likely N-dealkylation sites (N-methyl/N-ethyl adjacent to an activating group) is 1. The molecule has 0 saturated heterocycles. The van der Waals surface area contributed by atoms with Gasteiger partial charge in [-0.15, -0.1) is 0 Å². The average Bonchev–Trinajstić information content (AvgIpc) is 2.91. The number of fused-ring (bicyclic) bond motifs is 2. The van der Waals surface area contributed by atoms with Crippen molar-refractivity contribution in [3.8, 4) is 0 Å². The van der Waals surface area contributed by atoms with E-state index < -0.39 is 0 Å². The number of rotatable bonds is 6. The number of aliphatic hydroxyl groups is 1. The van der Waals surface area contributed by atoms with Crippen molar-refractivity contribution in [3.63, 3.8) is 0 Å². The fourth-order valence-electron chi connectivity index (χ4n) is 4.10. The molecular weight excluding hydrogens is 224 g/mol. The van der Waals surface area contributed by atoms with Gasteiger partial charge in [0.2, 0.25) is 0 Å². The second kappa shape index (κ2) is 5.89. The van der Waals surface area contributed by atoms with E-state index >= 15 is 0 Å². The fraction of sp³-hybridized carbons (Fsp3) is 1.00. The van der Waals surface area contributed by atoms with Crippen LogP contribution >= 0.6 is 0 Å². The Kier molecular flexibility index (Phi) is 4.68. The third kappa shape index (κ3) is 2.89. The largest absolute Gasteiger partial charge is 0.395 e. The molecule has 2 aliphatic rings. The lowest BCUT2D eigenvalue weighted by atomic mass is 9.87. The Labute approximate surface area is 112 Å². The summed E-state index contributed by atoms with van der Waals surface area (Å²) >= 11 is 0. The van der Waals surface area contributed by atoms with E-state index in [2.05, 4.69) is 25.8 Å². The number of nitrogens with zero attached hydrogens (tertiary/aromatic N) is 1. The molecule has 2 rings (SSSR count). The molecular formula is C15H30N2O. The van der Waals surface area contributed by atoms with Crippen LogP contribution in [0.3, 0.4) is 0 Å². The Morgan fingerprint density at radius 3 is 2.44 bits per heavy atom. The fourth-order valence-corrected chi connectivity index (χ4v) is 4.10. The zero-order valence-electron chi connectivity index (χ0n) is 12.2. The van der Waals surface area contributed by atoms with Crippen LogP contribution in [0.15, 0.2) is 0 Å². The van der Waals surface area contributed by atoms with Crippen LogP contribution in [0.4, 0.5) is 0 Å². The molecule has 106 valence electrons. The highest BCUT2D eigenvalue weighted by molar-refractivity contribution is 4.92. The van der Waals surface area contributed by atoms with E-state index in [0.29, 0.717) is 5.92 Å².